The van der Waals surface area contributed by atoms with Crippen molar-refractivity contribution in [1.29, 1.82) is 0 Å². The average molecular weight is 471 g/mol. The first-order chi connectivity index (χ1) is 16.9. The third kappa shape index (κ3) is 4.35. The second-order valence-electron chi connectivity index (χ2n) is 9.18. The van der Waals surface area contributed by atoms with Crippen molar-refractivity contribution < 1.29 is 14.7 Å². The van der Waals surface area contributed by atoms with Crippen molar-refractivity contribution in [3.63, 3.8) is 0 Å². The molecule has 3 aromatic rings. The zero-order valence-electron chi connectivity index (χ0n) is 20.1. The average Bonchev–Trinajstić information content (AvgIpc) is 3.01. The minimum Gasteiger partial charge on any atom is -0.478 e. The Morgan fingerprint density at radius 3 is 2.54 bits per heavy atom. The monoisotopic (exact) mass is 470 g/mol. The summed E-state index contributed by atoms with van der Waals surface area (Å²) in [5.41, 5.74) is 5.15. The summed E-state index contributed by atoms with van der Waals surface area (Å²) in [5, 5.41) is 14.4. The SMILES string of the molecule is Cc1ccc2c(c1)c(C(=O)N1CCCN(N3C=C(C(=O)O)C=CC3)CC1)c(-c1ccccc1)n2C. The third-order valence-electron chi connectivity index (χ3n) is 6.86. The molecule has 180 valence electrons. The molecule has 35 heavy (non-hydrogen) atoms. The number of rotatable bonds is 4. The first kappa shape index (κ1) is 22.9. The number of hydrogen-bond acceptors (Lipinski definition) is 4. The van der Waals surface area contributed by atoms with E-state index in [1.807, 2.05) is 41.2 Å². The number of amides is 1. The van der Waals surface area contributed by atoms with Gasteiger partial charge < -0.3 is 19.6 Å². The largest absolute Gasteiger partial charge is 0.478 e. The van der Waals surface area contributed by atoms with E-state index in [9.17, 15) is 14.7 Å². The number of hydrazine groups is 1. The molecule has 1 fully saturated rings. The van der Waals surface area contributed by atoms with Crippen LogP contribution in [0.2, 0.25) is 0 Å². The van der Waals surface area contributed by atoms with Crippen molar-refractivity contribution in [2.45, 2.75) is 13.3 Å². The predicted molar refractivity (Wildman–Crippen MR) is 137 cm³/mol. The molecule has 1 N–H and O–H groups in total. The number of carboxylic acids is 1. The van der Waals surface area contributed by atoms with E-state index in [1.165, 1.54) is 0 Å². The van der Waals surface area contributed by atoms with E-state index in [0.29, 0.717) is 26.2 Å². The molecule has 0 saturated carbocycles. The van der Waals surface area contributed by atoms with Gasteiger partial charge in [-0.05, 0) is 37.1 Å². The number of aliphatic carboxylic acids is 1. The highest BCUT2D eigenvalue weighted by atomic mass is 16.4. The Morgan fingerprint density at radius 1 is 0.971 bits per heavy atom. The molecular formula is C28H30N4O3. The number of fused-ring (bicyclic) bond motifs is 1. The molecule has 1 amide bonds. The number of carbonyl (C=O) groups is 2. The maximum absolute atomic E-state index is 14.1. The molecule has 2 aliphatic heterocycles. The van der Waals surface area contributed by atoms with Crippen LogP contribution in [0.3, 0.4) is 0 Å². The summed E-state index contributed by atoms with van der Waals surface area (Å²) in [6, 6.07) is 16.4. The first-order valence-electron chi connectivity index (χ1n) is 12.0. The summed E-state index contributed by atoms with van der Waals surface area (Å²) in [6.07, 6.45) is 6.00. The molecule has 2 aromatic carbocycles. The van der Waals surface area contributed by atoms with Crippen LogP contribution in [0.25, 0.3) is 22.2 Å². The van der Waals surface area contributed by atoms with Crippen LogP contribution in [0.15, 0.2) is 72.5 Å². The Balaban J connectivity index is 1.46. The fourth-order valence-electron chi connectivity index (χ4n) is 5.10. The van der Waals surface area contributed by atoms with E-state index >= 15 is 0 Å². The van der Waals surface area contributed by atoms with Crippen LogP contribution >= 0.6 is 0 Å². The van der Waals surface area contributed by atoms with Gasteiger partial charge in [-0.3, -0.25) is 4.79 Å². The van der Waals surface area contributed by atoms with Crippen LogP contribution in [-0.2, 0) is 11.8 Å². The van der Waals surface area contributed by atoms with Crippen LogP contribution in [0.4, 0.5) is 0 Å². The Hall–Kier alpha value is -3.84. The molecule has 0 spiro atoms. The lowest BCUT2D eigenvalue weighted by atomic mass is 10.0. The molecule has 7 heteroatoms. The van der Waals surface area contributed by atoms with Gasteiger partial charge in [0.25, 0.3) is 5.91 Å². The fourth-order valence-corrected chi connectivity index (χ4v) is 5.10. The lowest BCUT2D eigenvalue weighted by Crippen LogP contribution is -2.43. The number of benzene rings is 2. The van der Waals surface area contributed by atoms with Gasteiger partial charge in [0.1, 0.15) is 0 Å². The van der Waals surface area contributed by atoms with E-state index in [2.05, 4.69) is 46.8 Å². The molecule has 0 aliphatic carbocycles. The van der Waals surface area contributed by atoms with Crippen molar-refractivity contribution in [3.8, 4) is 11.3 Å². The maximum Gasteiger partial charge on any atom is 0.337 e. The molecular weight excluding hydrogens is 440 g/mol. The smallest absolute Gasteiger partial charge is 0.337 e. The van der Waals surface area contributed by atoms with E-state index in [4.69, 9.17) is 0 Å². The molecule has 1 aromatic heterocycles. The molecule has 0 bridgehead atoms. The Kier molecular flexibility index (Phi) is 6.17. The van der Waals surface area contributed by atoms with Gasteiger partial charge in [-0.1, -0.05) is 48.0 Å². The summed E-state index contributed by atoms with van der Waals surface area (Å²) in [7, 11) is 2.02. The fraction of sp³-hybridized carbons (Fsp3) is 0.286. The predicted octanol–water partition coefficient (Wildman–Crippen LogP) is 4.06. The van der Waals surface area contributed by atoms with Crippen molar-refractivity contribution >= 4 is 22.8 Å². The normalized spacial score (nSPS) is 16.9. The van der Waals surface area contributed by atoms with Crippen LogP contribution in [0, 0.1) is 6.92 Å². The molecule has 1 saturated heterocycles. The van der Waals surface area contributed by atoms with Gasteiger partial charge >= 0.3 is 5.97 Å². The standard InChI is InChI=1S/C28H30N4O3/c1-20-11-12-24-23(18-20)25(26(29(24)2)21-8-4-3-5-9-21)27(33)30-13-7-15-31(17-16-30)32-14-6-10-22(19-32)28(34)35/h3-6,8-12,18-19H,7,13-17H2,1-2H3,(H,34,35). The summed E-state index contributed by atoms with van der Waals surface area (Å²) >= 11 is 0. The molecule has 0 unspecified atom stereocenters. The number of nitrogens with zero attached hydrogens (tertiary/aromatic N) is 4. The van der Waals surface area contributed by atoms with Gasteiger partial charge in [0, 0.05) is 50.3 Å². The number of carbonyl (C=O) groups excluding carboxylic acids is 1. The summed E-state index contributed by atoms with van der Waals surface area (Å²) in [6.45, 7) is 5.33. The molecule has 5 rings (SSSR count). The van der Waals surface area contributed by atoms with E-state index in [1.54, 1.807) is 12.3 Å². The number of hydrogen-bond donors (Lipinski definition) is 1. The van der Waals surface area contributed by atoms with Crippen LogP contribution in [-0.4, -0.2) is 69.2 Å². The Morgan fingerprint density at radius 2 is 1.77 bits per heavy atom. The summed E-state index contributed by atoms with van der Waals surface area (Å²) < 4.78 is 2.12. The minimum absolute atomic E-state index is 0.0437. The highest BCUT2D eigenvalue weighted by Gasteiger charge is 2.29. The Bertz CT molecular complexity index is 1340. The molecule has 3 heterocycles. The van der Waals surface area contributed by atoms with Crippen LogP contribution < -0.4 is 0 Å². The van der Waals surface area contributed by atoms with Crippen molar-refractivity contribution in [2.24, 2.45) is 7.05 Å². The van der Waals surface area contributed by atoms with Crippen LogP contribution in [0.5, 0.6) is 0 Å². The van der Waals surface area contributed by atoms with Gasteiger partial charge in [-0.2, -0.15) is 0 Å². The third-order valence-corrected chi connectivity index (χ3v) is 6.86. The van der Waals surface area contributed by atoms with E-state index in [0.717, 1.165) is 46.3 Å². The first-order valence-corrected chi connectivity index (χ1v) is 12.0. The number of aryl methyl sites for hydroxylation is 2. The van der Waals surface area contributed by atoms with Gasteiger partial charge in [-0.25, -0.2) is 9.80 Å². The van der Waals surface area contributed by atoms with Gasteiger partial charge in [0.15, 0.2) is 0 Å². The topological polar surface area (TPSA) is 69.0 Å². The van der Waals surface area contributed by atoms with Gasteiger partial charge in [0.2, 0.25) is 0 Å². The highest BCUT2D eigenvalue weighted by molar-refractivity contribution is 6.13. The van der Waals surface area contributed by atoms with E-state index in [-0.39, 0.29) is 11.5 Å². The van der Waals surface area contributed by atoms with E-state index < -0.39 is 5.97 Å². The molecule has 7 nitrogen and oxygen atoms in total. The van der Waals surface area contributed by atoms with Crippen LogP contribution in [0.1, 0.15) is 22.3 Å². The minimum atomic E-state index is -0.933. The van der Waals surface area contributed by atoms with Crippen molar-refractivity contribution in [2.75, 3.05) is 32.7 Å². The molecule has 0 radical (unpaired) electrons. The lowest BCUT2D eigenvalue weighted by molar-refractivity contribution is -0.132. The molecule has 0 atom stereocenters. The van der Waals surface area contributed by atoms with Gasteiger partial charge in [0.05, 0.1) is 23.4 Å². The summed E-state index contributed by atoms with van der Waals surface area (Å²) in [4.78, 5) is 27.4. The quantitative estimate of drug-likeness (QED) is 0.623. The van der Waals surface area contributed by atoms with Crippen molar-refractivity contribution in [3.05, 3.63) is 83.6 Å². The lowest BCUT2D eigenvalue weighted by Gasteiger charge is -2.34. The Labute approximate surface area is 205 Å². The summed E-state index contributed by atoms with van der Waals surface area (Å²) in [5.74, 6) is -0.889. The van der Waals surface area contributed by atoms with Gasteiger partial charge in [-0.15, -0.1) is 0 Å². The zero-order valence-corrected chi connectivity index (χ0v) is 20.1. The number of carboxylic acid groups (broad SMARTS) is 1. The zero-order chi connectivity index (χ0) is 24.5. The van der Waals surface area contributed by atoms with Crippen molar-refractivity contribution in [1.82, 2.24) is 19.5 Å². The highest BCUT2D eigenvalue weighted by Crippen LogP contribution is 2.34. The second-order valence-corrected chi connectivity index (χ2v) is 9.18. The second kappa shape index (κ2) is 9.43. The maximum atomic E-state index is 14.1. The number of aromatic nitrogens is 1. The molecule has 2 aliphatic rings.